The van der Waals surface area contributed by atoms with Crippen LogP contribution in [0.2, 0.25) is 0 Å². The summed E-state index contributed by atoms with van der Waals surface area (Å²) in [5.74, 6) is 2.23. The van der Waals surface area contributed by atoms with Crippen molar-refractivity contribution in [2.75, 3.05) is 18.5 Å². The minimum absolute atomic E-state index is 0.393. The fraction of sp³-hybridized carbons (Fsp3) is 0.667. The highest BCUT2D eigenvalue weighted by molar-refractivity contribution is 5.45. The zero-order valence-corrected chi connectivity index (χ0v) is 7.79. The average Bonchev–Trinajstić information content (AvgIpc) is 2.53. The third kappa shape index (κ3) is 1.00. The van der Waals surface area contributed by atoms with Gasteiger partial charge in [-0.2, -0.15) is 0 Å². The molecule has 0 radical (unpaired) electrons. The van der Waals surface area contributed by atoms with Crippen LogP contribution < -0.4 is 4.90 Å². The Hall–Kier alpha value is -0.990. The van der Waals surface area contributed by atoms with Crippen LogP contribution in [0.25, 0.3) is 0 Å². The zero-order valence-electron chi connectivity index (χ0n) is 7.79. The predicted molar refractivity (Wildman–Crippen MR) is 47.6 cm³/mol. The van der Waals surface area contributed by atoms with E-state index in [1.54, 1.807) is 0 Å². The zero-order chi connectivity index (χ0) is 8.72. The fourth-order valence-electron chi connectivity index (χ4n) is 1.44. The molecular formula is C9H14N2O. The molecule has 0 amide bonds. The maximum Gasteiger partial charge on any atom is 0.219 e. The van der Waals surface area contributed by atoms with Crippen LogP contribution in [-0.2, 0) is 6.42 Å². The number of rotatable bonds is 1. The number of oxazole rings is 1. The quantitative estimate of drug-likeness (QED) is 0.637. The van der Waals surface area contributed by atoms with Crippen LogP contribution in [0.15, 0.2) is 4.42 Å². The van der Waals surface area contributed by atoms with Crippen molar-refractivity contribution in [3.8, 4) is 0 Å². The highest BCUT2D eigenvalue weighted by Gasteiger charge is 2.23. The summed E-state index contributed by atoms with van der Waals surface area (Å²) in [6, 6.07) is 0. The number of fused-ring (bicyclic) bond motifs is 1. The van der Waals surface area contributed by atoms with Crippen LogP contribution in [0, 0.1) is 0 Å². The molecule has 1 aliphatic rings. The second-order valence-corrected chi connectivity index (χ2v) is 3.63. The summed E-state index contributed by atoms with van der Waals surface area (Å²) in [4.78, 5) is 6.55. The van der Waals surface area contributed by atoms with E-state index in [2.05, 4.69) is 23.7 Å². The van der Waals surface area contributed by atoms with Gasteiger partial charge in [0.1, 0.15) is 5.69 Å². The second kappa shape index (κ2) is 2.51. The summed E-state index contributed by atoms with van der Waals surface area (Å²) in [5, 5.41) is 0. The van der Waals surface area contributed by atoms with E-state index in [1.165, 1.54) is 0 Å². The molecule has 0 bridgehead atoms. The maximum absolute atomic E-state index is 5.61. The standard InChI is InChI=1S/C9H14N2O/c1-6(2)8-10-7-4-5-11(3)9(7)12-8/h6H,4-5H2,1-3H3. The molecule has 3 nitrogen and oxygen atoms in total. The molecule has 12 heavy (non-hydrogen) atoms. The monoisotopic (exact) mass is 166 g/mol. The number of hydrogen-bond acceptors (Lipinski definition) is 3. The molecule has 0 aromatic carbocycles. The summed E-state index contributed by atoms with van der Waals surface area (Å²) in [6.45, 7) is 5.24. The Morgan fingerprint density at radius 2 is 2.25 bits per heavy atom. The SMILES string of the molecule is CC(C)c1nc2c(o1)N(C)CC2. The van der Waals surface area contributed by atoms with Gasteiger partial charge >= 0.3 is 0 Å². The molecule has 1 aromatic rings. The van der Waals surface area contributed by atoms with Crippen molar-refractivity contribution in [1.29, 1.82) is 0 Å². The van der Waals surface area contributed by atoms with Crippen molar-refractivity contribution >= 4 is 5.88 Å². The number of anilines is 1. The number of hydrogen-bond donors (Lipinski definition) is 0. The molecule has 3 heteroatoms. The average molecular weight is 166 g/mol. The highest BCUT2D eigenvalue weighted by Crippen LogP contribution is 2.29. The number of aromatic nitrogens is 1. The first-order chi connectivity index (χ1) is 5.68. The maximum atomic E-state index is 5.61. The third-order valence-corrected chi connectivity index (χ3v) is 2.22. The molecule has 1 aromatic heterocycles. The summed E-state index contributed by atoms with van der Waals surface area (Å²) >= 11 is 0. The van der Waals surface area contributed by atoms with Gasteiger partial charge in [0.15, 0.2) is 5.89 Å². The van der Waals surface area contributed by atoms with Crippen LogP contribution in [0.4, 0.5) is 5.88 Å². The van der Waals surface area contributed by atoms with Crippen molar-refractivity contribution in [2.45, 2.75) is 26.2 Å². The minimum Gasteiger partial charge on any atom is -0.425 e. The lowest BCUT2D eigenvalue weighted by molar-refractivity contribution is 0.470. The molecule has 0 atom stereocenters. The first-order valence-electron chi connectivity index (χ1n) is 4.39. The van der Waals surface area contributed by atoms with Crippen molar-refractivity contribution in [3.05, 3.63) is 11.6 Å². The lowest BCUT2D eigenvalue weighted by atomic mass is 10.2. The topological polar surface area (TPSA) is 29.3 Å². The van der Waals surface area contributed by atoms with E-state index >= 15 is 0 Å². The van der Waals surface area contributed by atoms with Gasteiger partial charge in [0.05, 0.1) is 0 Å². The molecule has 1 aliphatic heterocycles. The molecule has 0 saturated carbocycles. The molecule has 0 saturated heterocycles. The molecule has 0 aliphatic carbocycles. The molecule has 0 N–H and O–H groups in total. The van der Waals surface area contributed by atoms with Gasteiger partial charge in [0.25, 0.3) is 0 Å². The lowest BCUT2D eigenvalue weighted by Crippen LogP contribution is -2.12. The third-order valence-electron chi connectivity index (χ3n) is 2.22. The first kappa shape index (κ1) is 7.65. The Morgan fingerprint density at radius 3 is 2.83 bits per heavy atom. The van der Waals surface area contributed by atoms with E-state index in [0.717, 1.165) is 30.4 Å². The van der Waals surface area contributed by atoms with Crippen molar-refractivity contribution < 1.29 is 4.42 Å². The molecular weight excluding hydrogens is 152 g/mol. The van der Waals surface area contributed by atoms with Crippen LogP contribution in [0.5, 0.6) is 0 Å². The Labute approximate surface area is 72.4 Å². The van der Waals surface area contributed by atoms with Gasteiger partial charge in [-0.1, -0.05) is 13.8 Å². The number of nitrogens with zero attached hydrogens (tertiary/aromatic N) is 2. The van der Waals surface area contributed by atoms with E-state index in [-0.39, 0.29) is 0 Å². The highest BCUT2D eigenvalue weighted by atomic mass is 16.4. The lowest BCUT2D eigenvalue weighted by Gasteiger charge is -2.07. The smallest absolute Gasteiger partial charge is 0.219 e. The summed E-state index contributed by atoms with van der Waals surface area (Å²) in [5.41, 5.74) is 1.13. The van der Waals surface area contributed by atoms with Crippen LogP contribution in [-0.4, -0.2) is 18.6 Å². The van der Waals surface area contributed by atoms with Crippen LogP contribution in [0.3, 0.4) is 0 Å². The first-order valence-corrected chi connectivity index (χ1v) is 4.39. The molecule has 66 valence electrons. The van der Waals surface area contributed by atoms with Gasteiger partial charge < -0.3 is 9.32 Å². The van der Waals surface area contributed by atoms with Crippen molar-refractivity contribution in [1.82, 2.24) is 4.98 Å². The summed E-state index contributed by atoms with van der Waals surface area (Å²) < 4.78 is 5.61. The molecule has 2 rings (SSSR count). The van der Waals surface area contributed by atoms with Crippen LogP contribution in [0.1, 0.15) is 31.4 Å². The van der Waals surface area contributed by atoms with Crippen molar-refractivity contribution in [3.63, 3.8) is 0 Å². The molecule has 0 spiro atoms. The van der Waals surface area contributed by atoms with Gasteiger partial charge in [-0.25, -0.2) is 4.98 Å². The molecule has 0 unspecified atom stereocenters. The van der Waals surface area contributed by atoms with Crippen molar-refractivity contribution in [2.24, 2.45) is 0 Å². The largest absolute Gasteiger partial charge is 0.425 e. The Kier molecular flexibility index (Phi) is 1.60. The van der Waals surface area contributed by atoms with Gasteiger partial charge in [0, 0.05) is 25.9 Å². The Balaban J connectivity index is 2.36. The van der Waals surface area contributed by atoms with E-state index in [1.807, 2.05) is 7.05 Å². The van der Waals surface area contributed by atoms with Crippen LogP contribution >= 0.6 is 0 Å². The summed E-state index contributed by atoms with van der Waals surface area (Å²) in [7, 11) is 2.04. The van der Waals surface area contributed by atoms with Gasteiger partial charge in [0.2, 0.25) is 5.88 Å². The Morgan fingerprint density at radius 1 is 1.50 bits per heavy atom. The number of likely N-dealkylation sites (N-methyl/N-ethyl adjacent to an activating group) is 1. The Bertz CT molecular complexity index is 291. The predicted octanol–water partition coefficient (Wildman–Crippen LogP) is 1.79. The molecule has 0 fully saturated rings. The van der Waals surface area contributed by atoms with E-state index < -0.39 is 0 Å². The minimum atomic E-state index is 0.393. The fourth-order valence-corrected chi connectivity index (χ4v) is 1.44. The van der Waals surface area contributed by atoms with E-state index in [4.69, 9.17) is 4.42 Å². The van der Waals surface area contributed by atoms with E-state index in [9.17, 15) is 0 Å². The van der Waals surface area contributed by atoms with Gasteiger partial charge in [-0.15, -0.1) is 0 Å². The van der Waals surface area contributed by atoms with E-state index in [0.29, 0.717) is 5.92 Å². The summed E-state index contributed by atoms with van der Waals surface area (Å²) in [6.07, 6.45) is 1.03. The van der Waals surface area contributed by atoms with Gasteiger partial charge in [-0.05, 0) is 0 Å². The molecule has 2 heterocycles. The normalized spacial score (nSPS) is 15.8. The second-order valence-electron chi connectivity index (χ2n) is 3.63. The van der Waals surface area contributed by atoms with Gasteiger partial charge in [-0.3, -0.25) is 0 Å².